The summed E-state index contributed by atoms with van der Waals surface area (Å²) in [7, 11) is -0.520. The molecule has 17 rings (SSSR count). The average Bonchev–Trinajstić information content (AvgIpc) is 1.57. The van der Waals surface area contributed by atoms with Gasteiger partial charge in [0.15, 0.2) is 24.0 Å². The molecule has 6 aromatic heterocycles. The molecule has 1 saturated heterocycles. The number of aromatic hydroxyl groups is 2. The van der Waals surface area contributed by atoms with Gasteiger partial charge in [-0.3, -0.25) is 0 Å². The van der Waals surface area contributed by atoms with E-state index >= 15 is 0 Å². The zero-order valence-corrected chi connectivity index (χ0v) is 96.2. The molecular weight excluding hydrogens is 2200 g/mol. The molecule has 0 radical (unpaired) electrons. The summed E-state index contributed by atoms with van der Waals surface area (Å²) >= 11 is 60.2. The van der Waals surface area contributed by atoms with Gasteiger partial charge in [0.25, 0.3) is 0 Å². The van der Waals surface area contributed by atoms with Crippen LogP contribution in [0, 0.1) is 7.14 Å². The van der Waals surface area contributed by atoms with Crippen molar-refractivity contribution in [2.45, 2.75) is 229 Å². The van der Waals surface area contributed by atoms with Crippen LogP contribution < -0.4 is 28.5 Å². The zero-order chi connectivity index (χ0) is 101. The SMILES string of the molecule is CC(C)(C)c1ccc2c(c1)c1cc(C(C)(C)C)ccc1n2-c1csc(-c2c(OCCCCOc3ccc(Cl)c(Cl)c3-c3scc(-n4c5ccc(C(C)(C)C)cc5c5cc(C(C)(C)C)ccc54)c3O)ccc(Cl)c2Cl)c1O.CCOCOc1c(-n2c3ccc(C(C)(C)C)cc3c3cc(C(C)(C)C)ccc32)csc1B1OC(C)(C)C(C)(C)O1.Clc1ccc(OCCCCOc2ccc(Cl)c(Cl)c2I)c(I)c1Cl. The van der Waals surface area contributed by atoms with Gasteiger partial charge in [0.05, 0.1) is 161 Å². The van der Waals surface area contributed by atoms with Crippen molar-refractivity contribution < 1.29 is 47.9 Å². The number of aromatic nitrogens is 3. The first-order chi connectivity index (χ1) is 65.7. The normalized spacial score (nSPS) is 13.7. The summed E-state index contributed by atoms with van der Waals surface area (Å²) < 4.78 is 58.6. The van der Waals surface area contributed by atoms with E-state index in [1.165, 1.54) is 66.8 Å². The van der Waals surface area contributed by atoms with Crippen molar-refractivity contribution in [3.63, 3.8) is 0 Å². The number of hydrogen-bond donors (Lipinski definition) is 2. The number of hydrogen-bond acceptors (Lipinski definition) is 13. The summed E-state index contributed by atoms with van der Waals surface area (Å²) in [6, 6.07) is 54.4. The van der Waals surface area contributed by atoms with Crippen molar-refractivity contribution in [3.8, 4) is 78.2 Å². The van der Waals surface area contributed by atoms with Gasteiger partial charge >= 0.3 is 7.12 Å². The number of thiophene rings is 3. The summed E-state index contributed by atoms with van der Waals surface area (Å²) in [6.07, 6.45) is 2.97. The molecule has 13 nitrogen and oxygen atoms in total. The molecular formula is C113H120BCl8I2N3O10S3. The topological polar surface area (TPSA) is 129 Å². The lowest BCUT2D eigenvalue weighted by Gasteiger charge is -2.32. The molecule has 0 saturated carbocycles. The molecule has 0 aliphatic carbocycles. The molecule has 16 aromatic rings. The summed E-state index contributed by atoms with van der Waals surface area (Å²) in [5.41, 5.74) is 16.2. The van der Waals surface area contributed by atoms with Gasteiger partial charge in [-0.2, -0.15) is 0 Å². The van der Waals surface area contributed by atoms with Crippen molar-refractivity contribution in [2.24, 2.45) is 0 Å². The van der Waals surface area contributed by atoms with Crippen molar-refractivity contribution >= 4 is 249 Å². The maximum absolute atomic E-state index is 12.3. The van der Waals surface area contributed by atoms with Gasteiger partial charge in [0.2, 0.25) is 0 Å². The van der Waals surface area contributed by atoms with Gasteiger partial charge in [0.1, 0.15) is 23.0 Å². The standard InChI is InChI=1S/C64H64Cl4N2O4S2.C33H44BNO4S.C16H12Cl4I2O2/c1-61(2,3)35-15-21-45-39(29-35)40-30-36(62(4,5)6)16-22-46(40)69(45)49-33-75-59(57(49)71)53-51(25-19-43(65)55(53)67)73-27-13-14-28-74-52-26-20-44(66)56(68)54(52)60-58(72)50(34-76-60)70-47-23-17-37(63(7,8)9)31-41(47)42-32-38(64(10,11)12)18-24-48(42)70;1-12-36-20-37-28-27(19-40-29(28)34-38-32(8,9)33(10,11)39-34)35-25-15-13-21(30(2,3)4)17-23(25)24-18-22(31(5,6)7)14-16-26(24)35;17-9-3-5-11(15(21)13(9)19)23-7-1-2-8-24-12-6-4-10(18)14(20)16(12)22/h15-26,29-34,71-72H,13-14,27-28H2,1-12H3;13-19H,12,20H2,1-11H3;3-6H,1-2,7-8H2. The fourth-order valence-electron chi connectivity index (χ4n) is 17.1. The van der Waals surface area contributed by atoms with E-state index in [1.54, 1.807) is 47.7 Å². The van der Waals surface area contributed by atoms with Crippen LogP contribution in [0.3, 0.4) is 0 Å². The first kappa shape index (κ1) is 107. The van der Waals surface area contributed by atoms with Gasteiger partial charge in [-0.05, 0) is 293 Å². The molecule has 2 N–H and O–H groups in total. The van der Waals surface area contributed by atoms with E-state index in [0.29, 0.717) is 130 Å². The maximum Gasteiger partial charge on any atom is 0.509 e. The first-order valence-electron chi connectivity index (χ1n) is 47.0. The Morgan fingerprint density at radius 1 is 0.343 bits per heavy atom. The second kappa shape index (κ2) is 42.1. The average molecular weight is 2320 g/mol. The fourth-order valence-corrected chi connectivity index (χ4v) is 23.1. The van der Waals surface area contributed by atoms with Crippen molar-refractivity contribution in [1.29, 1.82) is 0 Å². The van der Waals surface area contributed by atoms with Crippen molar-refractivity contribution in [3.05, 3.63) is 255 Å². The first-order valence-corrected chi connectivity index (χ1v) is 54.8. The highest BCUT2D eigenvalue weighted by Gasteiger charge is 2.54. The lowest BCUT2D eigenvalue weighted by Crippen LogP contribution is -2.41. The van der Waals surface area contributed by atoms with Crippen LogP contribution in [0.15, 0.2) is 174 Å². The zero-order valence-electron chi connectivity index (χ0n) is 83.4. The van der Waals surface area contributed by atoms with E-state index in [2.05, 4.69) is 326 Å². The number of halogens is 10. The Balaban J connectivity index is 0.000000191. The third-order valence-electron chi connectivity index (χ3n) is 26.1. The lowest BCUT2D eigenvalue weighted by atomic mass is 9.85. The van der Waals surface area contributed by atoms with E-state index in [9.17, 15) is 10.2 Å². The lowest BCUT2D eigenvalue weighted by molar-refractivity contribution is 0.00578. The molecule has 0 unspecified atom stereocenters. The number of rotatable bonds is 24. The molecule has 10 aromatic carbocycles. The van der Waals surface area contributed by atoms with Crippen LogP contribution >= 0.6 is 172 Å². The van der Waals surface area contributed by atoms with Gasteiger partial charge in [-0.15, -0.1) is 34.0 Å². The molecule has 140 heavy (non-hydrogen) atoms. The highest BCUT2D eigenvalue weighted by atomic mass is 127. The van der Waals surface area contributed by atoms with Crippen LogP contribution in [0.1, 0.15) is 218 Å². The quantitative estimate of drug-likeness (QED) is 0.0198. The maximum atomic E-state index is 12.3. The Morgan fingerprint density at radius 3 is 0.879 bits per heavy atom. The molecule has 0 atom stereocenters. The molecule has 7 heterocycles. The molecule has 27 heteroatoms. The monoisotopic (exact) mass is 2320 g/mol. The number of benzene rings is 10. The highest BCUT2D eigenvalue weighted by molar-refractivity contribution is 14.1. The molecule has 1 fully saturated rings. The van der Waals surface area contributed by atoms with E-state index in [-0.39, 0.29) is 50.8 Å². The van der Waals surface area contributed by atoms with Gasteiger partial charge < -0.3 is 61.6 Å². The van der Waals surface area contributed by atoms with Gasteiger partial charge in [0, 0.05) is 55.1 Å². The largest absolute Gasteiger partial charge is 0.509 e. The minimum atomic E-state index is -0.520. The molecule has 738 valence electrons. The Morgan fingerprint density at radius 2 is 0.600 bits per heavy atom. The molecule has 0 bridgehead atoms. The van der Waals surface area contributed by atoms with Gasteiger partial charge in [-0.25, -0.2) is 0 Å². The van der Waals surface area contributed by atoms with E-state index < -0.39 is 18.3 Å². The second-order valence-corrected chi connectivity index (χ2v) is 50.7. The Bertz CT molecular complexity index is 6830. The van der Waals surface area contributed by atoms with Crippen LogP contribution in [-0.4, -0.2) is 82.1 Å². The summed E-state index contributed by atoms with van der Waals surface area (Å²) in [6.45, 7) is 53.2. The van der Waals surface area contributed by atoms with Crippen LogP contribution in [0.4, 0.5) is 0 Å². The fraction of sp³-hybridized carbons (Fsp3) is 0.363. The minimum absolute atomic E-state index is 0.0440. The third-order valence-corrected chi connectivity index (χ3v) is 35.0. The number of fused-ring (bicyclic) bond motifs is 9. The van der Waals surface area contributed by atoms with E-state index in [0.717, 1.165) is 102 Å². The number of nitrogens with zero attached hydrogens (tertiary/aromatic N) is 3. The number of unbranched alkanes of at least 4 members (excludes halogenated alkanes) is 2. The summed E-state index contributed by atoms with van der Waals surface area (Å²) in [5.74, 6) is 3.42. The summed E-state index contributed by atoms with van der Waals surface area (Å²) in [4.78, 5) is 1.12. The highest BCUT2D eigenvalue weighted by Crippen LogP contribution is 2.55. The van der Waals surface area contributed by atoms with Gasteiger partial charge in [-0.1, -0.05) is 254 Å². The molecule has 0 spiro atoms. The molecule has 1 aliphatic heterocycles. The Labute approximate surface area is 903 Å². The molecule has 0 amide bonds. The van der Waals surface area contributed by atoms with Crippen LogP contribution in [-0.2, 0) is 46.5 Å². The van der Waals surface area contributed by atoms with Crippen molar-refractivity contribution in [2.75, 3.05) is 39.8 Å². The van der Waals surface area contributed by atoms with Crippen LogP contribution in [0.25, 0.3) is 103 Å². The number of ether oxygens (including phenoxy) is 6. The minimum Gasteiger partial charge on any atom is -0.504 e. The van der Waals surface area contributed by atoms with E-state index in [1.807, 2.05) is 29.8 Å². The second-order valence-electron chi connectivity index (χ2n) is 42.8. The third kappa shape index (κ3) is 22.2. The molecule has 1 aliphatic rings. The van der Waals surface area contributed by atoms with Crippen LogP contribution in [0.2, 0.25) is 40.2 Å². The summed E-state index contributed by atoms with van der Waals surface area (Å²) in [5, 5.41) is 41.1. The van der Waals surface area contributed by atoms with Crippen molar-refractivity contribution in [1.82, 2.24) is 13.7 Å². The Kier molecular flexibility index (Phi) is 32.3. The predicted octanol–water partition coefficient (Wildman–Crippen LogP) is 36.7. The smallest absolute Gasteiger partial charge is 0.504 e. The Hall–Kier alpha value is -6.98. The predicted molar refractivity (Wildman–Crippen MR) is 614 cm³/mol. The van der Waals surface area contributed by atoms with E-state index in [4.69, 9.17) is 131 Å². The van der Waals surface area contributed by atoms with Crippen LogP contribution in [0.5, 0.6) is 40.2 Å².